The lowest BCUT2D eigenvalue weighted by Crippen LogP contribution is -2.41. The SMILES string of the molecule is Cc1cc(C(C)(C)C)cc(C)c1S(=O)(=O)NCCN1CCOCC1. The molecule has 1 aliphatic heterocycles. The van der Waals surface area contributed by atoms with Crippen LogP contribution in [0.5, 0.6) is 0 Å². The molecule has 1 saturated heterocycles. The quantitative estimate of drug-likeness (QED) is 0.881. The van der Waals surface area contributed by atoms with Gasteiger partial charge in [0, 0.05) is 26.2 Å². The Bertz CT molecular complexity index is 649. The van der Waals surface area contributed by atoms with Crippen LogP contribution in [0.2, 0.25) is 0 Å². The lowest BCUT2D eigenvalue weighted by molar-refractivity contribution is 0.0390. The van der Waals surface area contributed by atoms with Crippen LogP contribution in [-0.2, 0) is 20.2 Å². The van der Waals surface area contributed by atoms with Gasteiger partial charge in [0.15, 0.2) is 0 Å². The second-order valence-electron chi connectivity index (χ2n) is 7.54. The Morgan fingerprint density at radius 2 is 1.67 bits per heavy atom. The van der Waals surface area contributed by atoms with E-state index in [1.165, 1.54) is 0 Å². The smallest absolute Gasteiger partial charge is 0.241 e. The lowest BCUT2D eigenvalue weighted by atomic mass is 9.85. The summed E-state index contributed by atoms with van der Waals surface area (Å²) >= 11 is 0. The summed E-state index contributed by atoms with van der Waals surface area (Å²) in [6.45, 7) is 14.4. The molecular formula is C18H30N2O3S. The maximum absolute atomic E-state index is 12.7. The predicted octanol–water partition coefficient (Wildman–Crippen LogP) is 2.21. The number of aryl methyl sites for hydroxylation is 2. The highest BCUT2D eigenvalue weighted by atomic mass is 32.2. The van der Waals surface area contributed by atoms with E-state index < -0.39 is 10.0 Å². The van der Waals surface area contributed by atoms with Crippen molar-refractivity contribution in [3.05, 3.63) is 28.8 Å². The predicted molar refractivity (Wildman–Crippen MR) is 97.1 cm³/mol. The maximum Gasteiger partial charge on any atom is 0.241 e. The van der Waals surface area contributed by atoms with Crippen LogP contribution < -0.4 is 4.72 Å². The molecule has 1 heterocycles. The van der Waals surface area contributed by atoms with Crippen LogP contribution in [0.3, 0.4) is 0 Å². The van der Waals surface area contributed by atoms with Crippen molar-refractivity contribution in [3.8, 4) is 0 Å². The molecule has 2 rings (SSSR count). The number of benzene rings is 1. The summed E-state index contributed by atoms with van der Waals surface area (Å²) in [6, 6.07) is 3.98. The Hall–Kier alpha value is -0.950. The minimum Gasteiger partial charge on any atom is -0.379 e. The third kappa shape index (κ3) is 4.79. The van der Waals surface area contributed by atoms with Gasteiger partial charge in [0.25, 0.3) is 0 Å². The van der Waals surface area contributed by atoms with Crippen LogP contribution in [0.25, 0.3) is 0 Å². The van der Waals surface area contributed by atoms with E-state index in [9.17, 15) is 8.42 Å². The second kappa shape index (κ2) is 7.52. The summed E-state index contributed by atoms with van der Waals surface area (Å²) in [7, 11) is -3.49. The molecule has 0 saturated carbocycles. The molecule has 0 atom stereocenters. The molecule has 5 nitrogen and oxygen atoms in total. The van der Waals surface area contributed by atoms with E-state index >= 15 is 0 Å². The highest BCUT2D eigenvalue weighted by Gasteiger charge is 2.23. The van der Waals surface area contributed by atoms with E-state index in [1.54, 1.807) is 0 Å². The first-order valence-corrected chi connectivity index (χ1v) is 10.0. The third-order valence-electron chi connectivity index (χ3n) is 4.42. The van der Waals surface area contributed by atoms with E-state index in [2.05, 4.69) is 30.4 Å². The van der Waals surface area contributed by atoms with Gasteiger partial charge < -0.3 is 4.74 Å². The number of nitrogens with one attached hydrogen (secondary N) is 1. The molecule has 0 amide bonds. The van der Waals surface area contributed by atoms with E-state index in [-0.39, 0.29) is 5.41 Å². The van der Waals surface area contributed by atoms with E-state index in [0.29, 0.717) is 18.0 Å². The topological polar surface area (TPSA) is 58.6 Å². The molecule has 6 heteroatoms. The summed E-state index contributed by atoms with van der Waals surface area (Å²) in [5.74, 6) is 0. The van der Waals surface area contributed by atoms with Crippen molar-refractivity contribution in [1.29, 1.82) is 0 Å². The summed E-state index contributed by atoms with van der Waals surface area (Å²) in [5, 5.41) is 0. The summed E-state index contributed by atoms with van der Waals surface area (Å²) in [5.41, 5.74) is 2.77. The molecule has 0 unspecified atom stereocenters. The first-order chi connectivity index (χ1) is 11.1. The first-order valence-electron chi connectivity index (χ1n) is 8.53. The molecule has 0 aliphatic carbocycles. The lowest BCUT2D eigenvalue weighted by Gasteiger charge is -2.26. The molecule has 0 aromatic heterocycles. The normalized spacial score (nSPS) is 17.2. The van der Waals surface area contributed by atoms with Crippen LogP contribution in [0, 0.1) is 13.8 Å². The molecule has 1 fully saturated rings. The molecule has 1 N–H and O–H groups in total. The molecule has 24 heavy (non-hydrogen) atoms. The van der Waals surface area contributed by atoms with Gasteiger partial charge in [0.05, 0.1) is 18.1 Å². The van der Waals surface area contributed by atoms with E-state index in [1.807, 2.05) is 26.0 Å². The van der Waals surface area contributed by atoms with Crippen LogP contribution in [-0.4, -0.2) is 52.7 Å². The molecule has 1 aromatic carbocycles. The van der Waals surface area contributed by atoms with Gasteiger partial charge in [-0.3, -0.25) is 4.90 Å². The van der Waals surface area contributed by atoms with Crippen molar-refractivity contribution >= 4 is 10.0 Å². The summed E-state index contributed by atoms with van der Waals surface area (Å²) in [6.07, 6.45) is 0. The molecule has 0 radical (unpaired) electrons. The van der Waals surface area contributed by atoms with Gasteiger partial charge in [0.1, 0.15) is 0 Å². The maximum atomic E-state index is 12.7. The van der Waals surface area contributed by atoms with Gasteiger partial charge in [-0.05, 0) is 36.0 Å². The Balaban J connectivity index is 2.11. The second-order valence-corrected chi connectivity index (χ2v) is 9.24. The molecular weight excluding hydrogens is 324 g/mol. The zero-order valence-corrected chi connectivity index (χ0v) is 16.3. The number of rotatable bonds is 5. The molecule has 0 bridgehead atoms. The van der Waals surface area contributed by atoms with Gasteiger partial charge >= 0.3 is 0 Å². The average molecular weight is 355 g/mol. The Morgan fingerprint density at radius 3 is 2.17 bits per heavy atom. The zero-order valence-electron chi connectivity index (χ0n) is 15.5. The van der Waals surface area contributed by atoms with Crippen molar-refractivity contribution < 1.29 is 13.2 Å². The van der Waals surface area contributed by atoms with Gasteiger partial charge in [-0.15, -0.1) is 0 Å². The van der Waals surface area contributed by atoms with E-state index in [4.69, 9.17) is 4.74 Å². The zero-order chi connectivity index (χ0) is 18.0. The monoisotopic (exact) mass is 354 g/mol. The van der Waals surface area contributed by atoms with Gasteiger partial charge in [-0.1, -0.05) is 32.9 Å². The summed E-state index contributed by atoms with van der Waals surface area (Å²) in [4.78, 5) is 2.63. The standard InChI is InChI=1S/C18H30N2O3S/c1-14-12-16(18(3,4)5)13-15(2)17(14)24(21,22)19-6-7-20-8-10-23-11-9-20/h12-13,19H,6-11H2,1-5H3. The average Bonchev–Trinajstić information content (AvgIpc) is 2.46. The Labute approximate surface area is 146 Å². The van der Waals surface area contributed by atoms with Crippen molar-refractivity contribution in [3.63, 3.8) is 0 Å². The fourth-order valence-electron chi connectivity index (χ4n) is 3.04. The largest absolute Gasteiger partial charge is 0.379 e. The minimum atomic E-state index is -3.49. The Kier molecular flexibility index (Phi) is 6.07. The van der Waals surface area contributed by atoms with Crippen molar-refractivity contribution in [1.82, 2.24) is 9.62 Å². The number of hydrogen-bond donors (Lipinski definition) is 1. The fourth-order valence-corrected chi connectivity index (χ4v) is 4.51. The minimum absolute atomic E-state index is 0.00156. The van der Waals surface area contributed by atoms with E-state index in [0.717, 1.165) is 43.0 Å². The highest BCUT2D eigenvalue weighted by Crippen LogP contribution is 2.29. The number of nitrogens with zero attached hydrogens (tertiary/aromatic N) is 1. The fraction of sp³-hybridized carbons (Fsp3) is 0.667. The van der Waals surface area contributed by atoms with Crippen molar-refractivity contribution in [2.75, 3.05) is 39.4 Å². The third-order valence-corrected chi connectivity index (χ3v) is 6.18. The first kappa shape index (κ1) is 19.4. The van der Waals surface area contributed by atoms with Crippen molar-refractivity contribution in [2.24, 2.45) is 0 Å². The molecule has 1 aliphatic rings. The van der Waals surface area contributed by atoms with Crippen LogP contribution in [0.4, 0.5) is 0 Å². The Morgan fingerprint density at radius 1 is 1.12 bits per heavy atom. The number of sulfonamides is 1. The van der Waals surface area contributed by atoms with Gasteiger partial charge in [0.2, 0.25) is 10.0 Å². The molecule has 136 valence electrons. The molecule has 1 aromatic rings. The summed E-state index contributed by atoms with van der Waals surface area (Å²) < 4.78 is 33.5. The molecule has 0 spiro atoms. The van der Waals surface area contributed by atoms with Crippen LogP contribution in [0.1, 0.15) is 37.5 Å². The van der Waals surface area contributed by atoms with Crippen LogP contribution in [0.15, 0.2) is 17.0 Å². The van der Waals surface area contributed by atoms with Crippen LogP contribution >= 0.6 is 0 Å². The number of morpholine rings is 1. The number of hydrogen-bond acceptors (Lipinski definition) is 4. The van der Waals surface area contributed by atoms with Crippen molar-refractivity contribution in [2.45, 2.75) is 44.9 Å². The van der Waals surface area contributed by atoms with Gasteiger partial charge in [-0.25, -0.2) is 13.1 Å². The highest BCUT2D eigenvalue weighted by molar-refractivity contribution is 7.89. The number of ether oxygens (including phenoxy) is 1. The van der Waals surface area contributed by atoms with Gasteiger partial charge in [-0.2, -0.15) is 0 Å².